The fraction of sp³-hybridized carbons (Fsp3) is 0.769. The van der Waals surface area contributed by atoms with Crippen molar-refractivity contribution in [2.75, 3.05) is 12.9 Å². The molecular formula is C13H21N3O3S. The van der Waals surface area contributed by atoms with Crippen LogP contribution in [0.3, 0.4) is 0 Å². The summed E-state index contributed by atoms with van der Waals surface area (Å²) in [6, 6.07) is 0.463. The molecule has 20 heavy (non-hydrogen) atoms. The van der Waals surface area contributed by atoms with Crippen LogP contribution in [-0.4, -0.2) is 40.6 Å². The molecule has 1 aromatic rings. The molecule has 0 amide bonds. The maximum absolute atomic E-state index is 11.9. The largest absolute Gasteiger partial charge is 0.468 e. The lowest BCUT2D eigenvalue weighted by Crippen LogP contribution is -2.51. The fourth-order valence-corrected chi connectivity index (χ4v) is 2.80. The van der Waals surface area contributed by atoms with Crippen LogP contribution >= 0.6 is 11.8 Å². The van der Waals surface area contributed by atoms with Crippen LogP contribution in [0.4, 0.5) is 0 Å². The maximum Gasteiger partial charge on any atom is 0.325 e. The van der Waals surface area contributed by atoms with Gasteiger partial charge in [0.25, 0.3) is 5.22 Å². The third-order valence-electron chi connectivity index (χ3n) is 3.29. The van der Waals surface area contributed by atoms with Crippen LogP contribution < -0.4 is 5.32 Å². The van der Waals surface area contributed by atoms with Crippen molar-refractivity contribution in [3.05, 3.63) is 5.89 Å². The molecule has 1 heterocycles. The van der Waals surface area contributed by atoms with Crippen LogP contribution in [0.25, 0.3) is 0 Å². The Morgan fingerprint density at radius 2 is 2.30 bits per heavy atom. The molecule has 0 spiro atoms. The normalized spacial score (nSPS) is 17.8. The molecule has 0 bridgehead atoms. The highest BCUT2D eigenvalue weighted by molar-refractivity contribution is 7.99. The van der Waals surface area contributed by atoms with E-state index in [0.717, 1.165) is 31.4 Å². The summed E-state index contributed by atoms with van der Waals surface area (Å²) in [5.41, 5.74) is -0.596. The number of aromatic nitrogens is 2. The van der Waals surface area contributed by atoms with E-state index in [0.29, 0.717) is 17.2 Å². The van der Waals surface area contributed by atoms with E-state index < -0.39 is 5.54 Å². The molecule has 0 aliphatic heterocycles. The monoisotopic (exact) mass is 299 g/mol. The first-order chi connectivity index (χ1) is 9.53. The molecule has 0 radical (unpaired) electrons. The minimum Gasteiger partial charge on any atom is -0.468 e. The summed E-state index contributed by atoms with van der Waals surface area (Å²) in [7, 11) is 1.44. The van der Waals surface area contributed by atoms with Gasteiger partial charge in [-0.2, -0.15) is 0 Å². The molecule has 7 heteroatoms. The molecule has 1 fully saturated rings. The Hall–Kier alpha value is -1.08. The Morgan fingerprint density at radius 1 is 1.55 bits per heavy atom. The van der Waals surface area contributed by atoms with E-state index in [1.165, 1.54) is 18.9 Å². The summed E-state index contributed by atoms with van der Waals surface area (Å²) in [4.78, 5) is 11.9. The molecule has 0 aromatic carbocycles. The first kappa shape index (κ1) is 15.3. The van der Waals surface area contributed by atoms with Crippen LogP contribution in [0.1, 0.15) is 38.5 Å². The average Bonchev–Trinajstić information content (AvgIpc) is 3.14. The first-order valence-corrected chi connectivity index (χ1v) is 7.81. The van der Waals surface area contributed by atoms with E-state index in [-0.39, 0.29) is 5.97 Å². The van der Waals surface area contributed by atoms with Gasteiger partial charge in [0.2, 0.25) is 5.89 Å². The Labute approximate surface area is 123 Å². The quantitative estimate of drug-likeness (QED) is 0.446. The zero-order chi connectivity index (χ0) is 14.6. The SMILES string of the molecule is COC(=O)C(C)(CCCSc1nnc(C)o1)NC1CC1. The van der Waals surface area contributed by atoms with E-state index in [1.54, 1.807) is 6.92 Å². The van der Waals surface area contributed by atoms with E-state index in [9.17, 15) is 4.79 Å². The van der Waals surface area contributed by atoms with Crippen molar-refractivity contribution in [3.63, 3.8) is 0 Å². The third kappa shape index (κ3) is 4.21. The van der Waals surface area contributed by atoms with Crippen molar-refractivity contribution in [1.29, 1.82) is 0 Å². The van der Waals surface area contributed by atoms with Crippen LogP contribution in [0.5, 0.6) is 0 Å². The number of carbonyl (C=O) groups is 1. The zero-order valence-corrected chi connectivity index (χ0v) is 13.0. The highest BCUT2D eigenvalue weighted by Crippen LogP contribution is 2.27. The van der Waals surface area contributed by atoms with Crippen LogP contribution in [-0.2, 0) is 9.53 Å². The first-order valence-electron chi connectivity index (χ1n) is 6.82. The highest BCUT2D eigenvalue weighted by Gasteiger charge is 2.38. The van der Waals surface area contributed by atoms with Crippen molar-refractivity contribution in [1.82, 2.24) is 15.5 Å². The zero-order valence-electron chi connectivity index (χ0n) is 12.1. The van der Waals surface area contributed by atoms with E-state index in [2.05, 4.69) is 15.5 Å². The lowest BCUT2D eigenvalue weighted by Gasteiger charge is -2.28. The fourth-order valence-electron chi connectivity index (χ4n) is 2.06. The van der Waals surface area contributed by atoms with Crippen LogP contribution in [0, 0.1) is 6.92 Å². The smallest absolute Gasteiger partial charge is 0.325 e. The Balaban J connectivity index is 1.77. The molecule has 2 rings (SSSR count). The van der Waals surface area contributed by atoms with Crippen LogP contribution in [0.2, 0.25) is 0 Å². The Bertz CT molecular complexity index is 461. The van der Waals surface area contributed by atoms with E-state index in [1.807, 2.05) is 6.92 Å². The second kappa shape index (κ2) is 6.58. The van der Waals surface area contributed by atoms with E-state index in [4.69, 9.17) is 9.15 Å². The number of thioether (sulfide) groups is 1. The standard InChI is InChI=1S/C13H21N3O3S/c1-9-15-16-12(19-9)20-8-4-7-13(2,11(17)18-3)14-10-5-6-10/h10,14H,4-8H2,1-3H3. The summed E-state index contributed by atoms with van der Waals surface area (Å²) in [5, 5.41) is 11.7. The van der Waals surface area contributed by atoms with Gasteiger partial charge in [-0.1, -0.05) is 11.8 Å². The number of nitrogens with one attached hydrogen (secondary N) is 1. The highest BCUT2D eigenvalue weighted by atomic mass is 32.2. The van der Waals surface area contributed by atoms with Gasteiger partial charge in [0, 0.05) is 18.7 Å². The molecular weight excluding hydrogens is 278 g/mol. The number of methoxy groups -OCH3 is 1. The Kier molecular flexibility index (Phi) is 5.04. The molecule has 6 nitrogen and oxygen atoms in total. The molecule has 1 aliphatic carbocycles. The van der Waals surface area contributed by atoms with Crippen molar-refractivity contribution in [2.24, 2.45) is 0 Å². The molecule has 0 saturated heterocycles. The second-order valence-corrected chi connectivity index (χ2v) is 6.33. The van der Waals surface area contributed by atoms with Crippen molar-refractivity contribution in [2.45, 2.75) is 56.3 Å². The number of hydrogen-bond acceptors (Lipinski definition) is 7. The number of esters is 1. The number of rotatable bonds is 8. The number of ether oxygens (including phenoxy) is 1. The van der Waals surface area contributed by atoms with Gasteiger partial charge in [-0.3, -0.25) is 10.1 Å². The molecule has 1 saturated carbocycles. The molecule has 1 unspecified atom stereocenters. The topological polar surface area (TPSA) is 77.2 Å². The molecule has 1 N–H and O–H groups in total. The number of aryl methyl sites for hydroxylation is 1. The van der Waals surface area contributed by atoms with Gasteiger partial charge < -0.3 is 9.15 Å². The summed E-state index contributed by atoms with van der Waals surface area (Å²) in [5.74, 6) is 1.21. The molecule has 1 aliphatic rings. The minimum atomic E-state index is -0.596. The van der Waals surface area contributed by atoms with Gasteiger partial charge in [0.05, 0.1) is 7.11 Å². The van der Waals surface area contributed by atoms with Gasteiger partial charge in [-0.15, -0.1) is 10.2 Å². The van der Waals surface area contributed by atoms with Crippen molar-refractivity contribution in [3.8, 4) is 0 Å². The average molecular weight is 299 g/mol. The summed E-state index contributed by atoms with van der Waals surface area (Å²) in [6.07, 6.45) is 3.89. The predicted octanol–water partition coefficient (Wildman–Crippen LogP) is 1.93. The molecule has 1 atom stereocenters. The third-order valence-corrected chi connectivity index (χ3v) is 4.19. The number of nitrogens with zero attached hydrogens (tertiary/aromatic N) is 2. The van der Waals surface area contributed by atoms with Gasteiger partial charge in [-0.05, 0) is 32.6 Å². The summed E-state index contributed by atoms with van der Waals surface area (Å²) >= 11 is 1.52. The summed E-state index contributed by atoms with van der Waals surface area (Å²) < 4.78 is 10.2. The van der Waals surface area contributed by atoms with Gasteiger partial charge in [-0.25, -0.2) is 0 Å². The van der Waals surface area contributed by atoms with Crippen LogP contribution in [0.15, 0.2) is 9.64 Å². The predicted molar refractivity (Wildman–Crippen MR) is 75.6 cm³/mol. The summed E-state index contributed by atoms with van der Waals surface area (Å²) in [6.45, 7) is 3.68. The molecule has 1 aromatic heterocycles. The second-order valence-electron chi connectivity index (χ2n) is 5.28. The maximum atomic E-state index is 11.9. The number of hydrogen-bond donors (Lipinski definition) is 1. The number of carbonyl (C=O) groups excluding carboxylic acids is 1. The lowest BCUT2D eigenvalue weighted by molar-refractivity contribution is -0.148. The Morgan fingerprint density at radius 3 is 2.85 bits per heavy atom. The van der Waals surface area contributed by atoms with Gasteiger partial charge in [0.15, 0.2) is 0 Å². The van der Waals surface area contributed by atoms with Crippen molar-refractivity contribution < 1.29 is 13.9 Å². The van der Waals surface area contributed by atoms with E-state index >= 15 is 0 Å². The van der Waals surface area contributed by atoms with Crippen molar-refractivity contribution >= 4 is 17.7 Å². The van der Waals surface area contributed by atoms with Gasteiger partial charge in [0.1, 0.15) is 5.54 Å². The minimum absolute atomic E-state index is 0.192. The lowest BCUT2D eigenvalue weighted by atomic mass is 9.96. The molecule has 112 valence electrons. The van der Waals surface area contributed by atoms with Gasteiger partial charge >= 0.3 is 5.97 Å².